The Labute approximate surface area is 158 Å². The van der Waals surface area contributed by atoms with Crippen molar-refractivity contribution in [2.24, 2.45) is 5.73 Å². The van der Waals surface area contributed by atoms with Crippen LogP contribution in [0.15, 0.2) is 36.4 Å². The van der Waals surface area contributed by atoms with Crippen LogP contribution < -0.4 is 25.3 Å². The summed E-state index contributed by atoms with van der Waals surface area (Å²) in [5, 5.41) is 2.55. The maximum Gasteiger partial charge on any atom is 0.255 e. The van der Waals surface area contributed by atoms with Crippen molar-refractivity contribution < 1.29 is 24.3 Å². The van der Waals surface area contributed by atoms with Gasteiger partial charge >= 0.3 is 0 Å². The Balaban J connectivity index is 2.02. The highest BCUT2D eigenvalue weighted by molar-refractivity contribution is 6.32. The third-order valence-corrected chi connectivity index (χ3v) is 3.93. The van der Waals surface area contributed by atoms with Gasteiger partial charge in [0.05, 0.1) is 18.7 Å². The molecule has 0 saturated heterocycles. The summed E-state index contributed by atoms with van der Waals surface area (Å²) < 4.78 is 16.1. The second-order valence-electron chi connectivity index (χ2n) is 5.64. The SMILES string of the molecule is CCOc1cc(C[NH2+]Cc2ccc(OC)cc2)cc(Cl)c1OCC(N)=O. The van der Waals surface area contributed by atoms with E-state index in [0.29, 0.717) is 23.1 Å². The molecule has 0 spiro atoms. The number of hydrogen-bond acceptors (Lipinski definition) is 4. The van der Waals surface area contributed by atoms with Crippen LogP contribution in [0.3, 0.4) is 0 Å². The molecular weight excluding hydrogens is 356 g/mol. The second-order valence-corrected chi connectivity index (χ2v) is 6.05. The topological polar surface area (TPSA) is 87.4 Å². The number of rotatable bonds is 10. The summed E-state index contributed by atoms with van der Waals surface area (Å²) in [4.78, 5) is 10.9. The minimum atomic E-state index is -0.569. The Morgan fingerprint density at radius 2 is 1.81 bits per heavy atom. The zero-order valence-electron chi connectivity index (χ0n) is 15.0. The van der Waals surface area contributed by atoms with Gasteiger partial charge in [-0.25, -0.2) is 0 Å². The van der Waals surface area contributed by atoms with Gasteiger partial charge < -0.3 is 25.3 Å². The van der Waals surface area contributed by atoms with Gasteiger partial charge in [0.1, 0.15) is 18.8 Å². The van der Waals surface area contributed by atoms with E-state index in [1.165, 1.54) is 5.56 Å². The second kappa shape index (κ2) is 9.89. The van der Waals surface area contributed by atoms with Crippen LogP contribution in [0.4, 0.5) is 0 Å². The molecule has 2 aromatic carbocycles. The van der Waals surface area contributed by atoms with E-state index in [1.54, 1.807) is 7.11 Å². The molecule has 0 heterocycles. The van der Waals surface area contributed by atoms with Gasteiger partial charge in [-0.3, -0.25) is 4.79 Å². The van der Waals surface area contributed by atoms with E-state index in [0.717, 1.165) is 24.4 Å². The van der Waals surface area contributed by atoms with Crippen LogP contribution in [0.2, 0.25) is 5.02 Å². The van der Waals surface area contributed by atoms with E-state index >= 15 is 0 Å². The fourth-order valence-corrected chi connectivity index (χ4v) is 2.74. The van der Waals surface area contributed by atoms with Gasteiger partial charge in [0.15, 0.2) is 18.1 Å². The highest BCUT2D eigenvalue weighted by Gasteiger charge is 2.14. The highest BCUT2D eigenvalue weighted by atomic mass is 35.5. The molecule has 0 fully saturated rings. The predicted octanol–water partition coefficient (Wildman–Crippen LogP) is 1.87. The lowest BCUT2D eigenvalue weighted by atomic mass is 10.1. The van der Waals surface area contributed by atoms with Crippen LogP contribution in [0.25, 0.3) is 0 Å². The number of methoxy groups -OCH3 is 1. The van der Waals surface area contributed by atoms with Crippen molar-refractivity contribution in [3.63, 3.8) is 0 Å². The fraction of sp³-hybridized carbons (Fsp3) is 0.316. The molecule has 0 atom stereocenters. The number of nitrogens with two attached hydrogens (primary N) is 2. The quantitative estimate of drug-likeness (QED) is 0.659. The van der Waals surface area contributed by atoms with Crippen LogP contribution in [-0.4, -0.2) is 26.2 Å². The molecule has 26 heavy (non-hydrogen) atoms. The van der Waals surface area contributed by atoms with Crippen LogP contribution in [-0.2, 0) is 17.9 Å². The third kappa shape index (κ3) is 5.82. The van der Waals surface area contributed by atoms with E-state index < -0.39 is 5.91 Å². The van der Waals surface area contributed by atoms with Gasteiger partial charge in [0.2, 0.25) is 0 Å². The Hall–Kier alpha value is -2.44. The fourth-order valence-electron chi connectivity index (χ4n) is 2.45. The number of halogens is 1. The summed E-state index contributed by atoms with van der Waals surface area (Å²) in [6.45, 7) is 3.63. The molecule has 6 nitrogen and oxygen atoms in total. The van der Waals surface area contributed by atoms with Crippen LogP contribution in [0, 0.1) is 0 Å². The van der Waals surface area contributed by atoms with E-state index in [4.69, 9.17) is 31.5 Å². The molecular formula is C19H24ClN2O4+. The first-order valence-electron chi connectivity index (χ1n) is 8.34. The monoisotopic (exact) mass is 379 g/mol. The van der Waals surface area contributed by atoms with Gasteiger partial charge in [-0.05, 0) is 43.3 Å². The van der Waals surface area contributed by atoms with Crippen molar-refractivity contribution in [3.8, 4) is 17.2 Å². The number of benzene rings is 2. The average Bonchev–Trinajstić information content (AvgIpc) is 2.61. The summed E-state index contributed by atoms with van der Waals surface area (Å²) in [6, 6.07) is 11.6. The summed E-state index contributed by atoms with van der Waals surface area (Å²) in [5.41, 5.74) is 7.32. The first-order valence-corrected chi connectivity index (χ1v) is 8.72. The molecule has 0 bridgehead atoms. The lowest BCUT2D eigenvalue weighted by molar-refractivity contribution is -0.686. The van der Waals surface area contributed by atoms with Gasteiger partial charge in [-0.15, -0.1) is 0 Å². The van der Waals surface area contributed by atoms with Gasteiger partial charge in [0, 0.05) is 11.1 Å². The Morgan fingerprint density at radius 3 is 2.42 bits per heavy atom. The summed E-state index contributed by atoms with van der Waals surface area (Å²) in [5.74, 6) is 1.12. The van der Waals surface area contributed by atoms with Crippen molar-refractivity contribution in [2.75, 3.05) is 20.3 Å². The average molecular weight is 380 g/mol. The number of carbonyl (C=O) groups is 1. The molecule has 0 aliphatic rings. The zero-order chi connectivity index (χ0) is 18.9. The molecule has 4 N–H and O–H groups in total. The van der Waals surface area contributed by atoms with Crippen molar-refractivity contribution in [2.45, 2.75) is 20.0 Å². The maximum atomic E-state index is 10.9. The predicted molar refractivity (Wildman–Crippen MR) is 99.6 cm³/mol. The molecule has 1 amide bonds. The minimum Gasteiger partial charge on any atom is -0.497 e. The molecule has 2 rings (SSSR count). The van der Waals surface area contributed by atoms with Crippen LogP contribution >= 0.6 is 11.6 Å². The third-order valence-electron chi connectivity index (χ3n) is 3.65. The van der Waals surface area contributed by atoms with Gasteiger partial charge in [-0.2, -0.15) is 0 Å². The molecule has 0 unspecified atom stereocenters. The molecule has 7 heteroatoms. The number of amides is 1. The van der Waals surface area contributed by atoms with Crippen LogP contribution in [0.1, 0.15) is 18.1 Å². The maximum absolute atomic E-state index is 10.9. The molecule has 0 radical (unpaired) electrons. The van der Waals surface area contributed by atoms with E-state index in [2.05, 4.69) is 5.32 Å². The molecule has 2 aromatic rings. The summed E-state index contributed by atoms with van der Waals surface area (Å²) in [6.07, 6.45) is 0. The number of primary amides is 1. The van der Waals surface area contributed by atoms with E-state index in [1.807, 2.05) is 43.3 Å². The standard InChI is InChI=1S/C19H23ClN2O4/c1-3-25-17-9-14(8-16(20)19(17)26-12-18(21)23)11-22-10-13-4-6-15(24-2)7-5-13/h4-9,22H,3,10-12H2,1-2H3,(H2,21,23)/p+1. The Morgan fingerprint density at radius 1 is 1.12 bits per heavy atom. The Kier molecular flexibility index (Phi) is 7.56. The number of hydrogen-bond donors (Lipinski definition) is 2. The lowest BCUT2D eigenvalue weighted by Gasteiger charge is -2.14. The summed E-state index contributed by atoms with van der Waals surface area (Å²) >= 11 is 6.30. The van der Waals surface area contributed by atoms with Crippen molar-refractivity contribution >= 4 is 17.5 Å². The van der Waals surface area contributed by atoms with Crippen molar-refractivity contribution in [1.82, 2.24) is 0 Å². The number of carbonyl (C=O) groups excluding carboxylic acids is 1. The van der Waals surface area contributed by atoms with Crippen molar-refractivity contribution in [3.05, 3.63) is 52.5 Å². The molecule has 0 aliphatic heterocycles. The summed E-state index contributed by atoms with van der Waals surface area (Å²) in [7, 11) is 1.65. The van der Waals surface area contributed by atoms with E-state index in [-0.39, 0.29) is 6.61 Å². The lowest BCUT2D eigenvalue weighted by Crippen LogP contribution is -2.80. The van der Waals surface area contributed by atoms with Gasteiger partial charge in [-0.1, -0.05) is 11.6 Å². The molecule has 0 aliphatic carbocycles. The van der Waals surface area contributed by atoms with Gasteiger partial charge in [0.25, 0.3) is 5.91 Å². The largest absolute Gasteiger partial charge is 0.497 e. The number of quaternary nitrogens is 1. The molecule has 140 valence electrons. The highest BCUT2D eigenvalue weighted by Crippen LogP contribution is 2.36. The number of ether oxygens (including phenoxy) is 3. The molecule has 0 aromatic heterocycles. The first kappa shape index (κ1) is 19.9. The van der Waals surface area contributed by atoms with Crippen LogP contribution in [0.5, 0.6) is 17.2 Å². The minimum absolute atomic E-state index is 0.247. The normalized spacial score (nSPS) is 10.4. The zero-order valence-corrected chi connectivity index (χ0v) is 15.7. The van der Waals surface area contributed by atoms with E-state index in [9.17, 15) is 4.79 Å². The first-order chi connectivity index (χ1) is 12.5. The molecule has 0 saturated carbocycles. The smallest absolute Gasteiger partial charge is 0.255 e. The Bertz CT molecular complexity index is 735. The van der Waals surface area contributed by atoms with Crippen molar-refractivity contribution in [1.29, 1.82) is 0 Å².